The Morgan fingerprint density at radius 3 is 2.47 bits per heavy atom. The van der Waals surface area contributed by atoms with Gasteiger partial charge in [-0.2, -0.15) is 0 Å². The molecule has 82 valence electrons. The number of nitro benzene ring substituents is 1. The van der Waals surface area contributed by atoms with Crippen LogP contribution in [0.5, 0.6) is 0 Å². The van der Waals surface area contributed by atoms with Gasteiger partial charge in [0.25, 0.3) is 5.69 Å². The minimum absolute atomic E-state index is 0.000111. The largest absolute Gasteiger partial charge is 0.272 e. The SMILES string of the molecule is Cc1cc(C(C)(C)CBr)ccc1[N+](=O)[O-]. The number of rotatable bonds is 3. The lowest BCUT2D eigenvalue weighted by Crippen LogP contribution is -2.18. The minimum atomic E-state index is -0.347. The quantitative estimate of drug-likeness (QED) is 0.479. The summed E-state index contributed by atoms with van der Waals surface area (Å²) in [5, 5.41) is 11.5. The summed E-state index contributed by atoms with van der Waals surface area (Å²) >= 11 is 3.45. The topological polar surface area (TPSA) is 43.1 Å². The molecule has 0 heterocycles. The van der Waals surface area contributed by atoms with Crippen LogP contribution in [0.2, 0.25) is 0 Å². The molecule has 0 aliphatic rings. The van der Waals surface area contributed by atoms with Gasteiger partial charge in [0.05, 0.1) is 4.92 Å². The first-order chi connectivity index (χ1) is 6.88. The second-order valence-electron chi connectivity index (χ2n) is 4.28. The Balaban J connectivity index is 3.18. The fourth-order valence-electron chi connectivity index (χ4n) is 1.36. The third-order valence-electron chi connectivity index (χ3n) is 2.51. The van der Waals surface area contributed by atoms with E-state index < -0.39 is 0 Å². The van der Waals surface area contributed by atoms with E-state index in [0.29, 0.717) is 5.56 Å². The molecule has 0 aliphatic heterocycles. The van der Waals surface area contributed by atoms with Crippen LogP contribution in [0.25, 0.3) is 0 Å². The fraction of sp³-hybridized carbons (Fsp3) is 0.455. The Hall–Kier alpha value is -0.900. The van der Waals surface area contributed by atoms with Gasteiger partial charge in [-0.05, 0) is 24.0 Å². The maximum absolute atomic E-state index is 10.6. The summed E-state index contributed by atoms with van der Waals surface area (Å²) in [4.78, 5) is 10.3. The summed E-state index contributed by atoms with van der Waals surface area (Å²) in [5.41, 5.74) is 2.01. The summed E-state index contributed by atoms with van der Waals surface area (Å²) in [7, 11) is 0. The van der Waals surface area contributed by atoms with Crippen LogP contribution in [-0.4, -0.2) is 10.3 Å². The molecule has 0 aromatic heterocycles. The third-order valence-corrected chi connectivity index (χ3v) is 3.91. The molecule has 3 nitrogen and oxygen atoms in total. The number of hydrogen-bond acceptors (Lipinski definition) is 2. The molecule has 15 heavy (non-hydrogen) atoms. The molecule has 0 amide bonds. The van der Waals surface area contributed by atoms with E-state index in [4.69, 9.17) is 0 Å². The molecule has 0 bridgehead atoms. The van der Waals surface area contributed by atoms with Crippen molar-refractivity contribution in [1.29, 1.82) is 0 Å². The lowest BCUT2D eigenvalue weighted by molar-refractivity contribution is -0.385. The maximum Gasteiger partial charge on any atom is 0.272 e. The smallest absolute Gasteiger partial charge is 0.258 e. The number of hydrogen-bond donors (Lipinski definition) is 0. The molecule has 4 heteroatoms. The van der Waals surface area contributed by atoms with E-state index in [1.165, 1.54) is 0 Å². The fourth-order valence-corrected chi connectivity index (χ4v) is 1.68. The predicted molar refractivity (Wildman–Crippen MR) is 64.7 cm³/mol. The molecular formula is C11H14BrNO2. The van der Waals surface area contributed by atoms with Gasteiger partial charge in [0.2, 0.25) is 0 Å². The molecule has 0 aliphatic carbocycles. The maximum atomic E-state index is 10.6. The molecular weight excluding hydrogens is 258 g/mol. The summed E-state index contributed by atoms with van der Waals surface area (Å²) in [6.07, 6.45) is 0. The van der Waals surface area contributed by atoms with E-state index in [0.717, 1.165) is 10.9 Å². The van der Waals surface area contributed by atoms with Crippen molar-refractivity contribution in [3.8, 4) is 0 Å². The van der Waals surface area contributed by atoms with Crippen LogP contribution in [0, 0.1) is 17.0 Å². The second kappa shape index (κ2) is 4.31. The zero-order chi connectivity index (χ0) is 11.6. The zero-order valence-corrected chi connectivity index (χ0v) is 10.7. The molecule has 0 saturated heterocycles. The normalized spacial score (nSPS) is 11.5. The van der Waals surface area contributed by atoms with Crippen LogP contribution in [0.15, 0.2) is 18.2 Å². The highest BCUT2D eigenvalue weighted by molar-refractivity contribution is 9.09. The van der Waals surface area contributed by atoms with Crippen molar-refractivity contribution in [2.24, 2.45) is 0 Å². The van der Waals surface area contributed by atoms with Crippen molar-refractivity contribution in [2.45, 2.75) is 26.2 Å². The van der Waals surface area contributed by atoms with Gasteiger partial charge >= 0.3 is 0 Å². The molecule has 0 saturated carbocycles. The number of alkyl halides is 1. The first kappa shape index (κ1) is 12.2. The van der Waals surface area contributed by atoms with Crippen molar-refractivity contribution < 1.29 is 4.92 Å². The van der Waals surface area contributed by atoms with Gasteiger partial charge in [0, 0.05) is 17.0 Å². The summed E-state index contributed by atoms with van der Waals surface area (Å²) in [5.74, 6) is 0. The Morgan fingerprint density at radius 2 is 2.07 bits per heavy atom. The van der Waals surface area contributed by atoms with Crippen molar-refractivity contribution in [2.75, 3.05) is 5.33 Å². The molecule has 0 spiro atoms. The molecule has 1 aromatic carbocycles. The monoisotopic (exact) mass is 271 g/mol. The summed E-state index contributed by atoms with van der Waals surface area (Å²) < 4.78 is 0. The third kappa shape index (κ3) is 2.56. The standard InChI is InChI=1S/C11H14BrNO2/c1-8-6-9(11(2,3)7-12)4-5-10(8)13(14)15/h4-6H,7H2,1-3H3. The molecule has 0 unspecified atom stereocenters. The van der Waals surface area contributed by atoms with E-state index in [-0.39, 0.29) is 16.0 Å². The first-order valence-electron chi connectivity index (χ1n) is 4.70. The van der Waals surface area contributed by atoms with Gasteiger partial charge in [-0.3, -0.25) is 10.1 Å². The average molecular weight is 272 g/mol. The van der Waals surface area contributed by atoms with Gasteiger partial charge in [-0.25, -0.2) is 0 Å². The van der Waals surface area contributed by atoms with Crippen LogP contribution in [-0.2, 0) is 5.41 Å². The number of nitrogens with zero attached hydrogens (tertiary/aromatic N) is 1. The van der Waals surface area contributed by atoms with Gasteiger partial charge in [0.15, 0.2) is 0 Å². The van der Waals surface area contributed by atoms with Gasteiger partial charge in [0.1, 0.15) is 0 Å². The number of nitro groups is 1. The van der Waals surface area contributed by atoms with Crippen molar-refractivity contribution in [1.82, 2.24) is 0 Å². The van der Waals surface area contributed by atoms with Gasteiger partial charge in [-0.1, -0.05) is 35.8 Å². The van der Waals surface area contributed by atoms with Crippen LogP contribution in [0.3, 0.4) is 0 Å². The van der Waals surface area contributed by atoms with Crippen LogP contribution >= 0.6 is 15.9 Å². The first-order valence-corrected chi connectivity index (χ1v) is 5.82. The van der Waals surface area contributed by atoms with E-state index in [1.807, 2.05) is 12.1 Å². The van der Waals surface area contributed by atoms with Crippen molar-refractivity contribution in [3.63, 3.8) is 0 Å². The molecule has 0 radical (unpaired) electrons. The zero-order valence-electron chi connectivity index (χ0n) is 9.08. The molecule has 0 fully saturated rings. The number of halogens is 1. The van der Waals surface area contributed by atoms with Gasteiger partial charge in [-0.15, -0.1) is 0 Å². The number of benzene rings is 1. The highest BCUT2D eigenvalue weighted by Gasteiger charge is 2.21. The molecule has 0 atom stereocenters. The Morgan fingerprint density at radius 1 is 1.47 bits per heavy atom. The molecule has 1 rings (SSSR count). The van der Waals surface area contributed by atoms with Crippen molar-refractivity contribution >= 4 is 21.6 Å². The van der Waals surface area contributed by atoms with E-state index in [9.17, 15) is 10.1 Å². The number of aryl methyl sites for hydroxylation is 1. The summed E-state index contributed by atoms with van der Waals surface area (Å²) in [6.45, 7) is 5.97. The van der Waals surface area contributed by atoms with E-state index >= 15 is 0 Å². The average Bonchev–Trinajstić information content (AvgIpc) is 2.17. The lowest BCUT2D eigenvalue weighted by Gasteiger charge is -2.22. The van der Waals surface area contributed by atoms with Crippen molar-refractivity contribution in [3.05, 3.63) is 39.4 Å². The highest BCUT2D eigenvalue weighted by atomic mass is 79.9. The molecule has 1 aromatic rings. The van der Waals surface area contributed by atoms with Crippen LogP contribution in [0.1, 0.15) is 25.0 Å². The van der Waals surface area contributed by atoms with Crippen LogP contribution in [0.4, 0.5) is 5.69 Å². The second-order valence-corrected chi connectivity index (χ2v) is 4.84. The van der Waals surface area contributed by atoms with Gasteiger partial charge < -0.3 is 0 Å². The van der Waals surface area contributed by atoms with E-state index in [2.05, 4.69) is 29.8 Å². The van der Waals surface area contributed by atoms with E-state index in [1.54, 1.807) is 13.0 Å². The van der Waals surface area contributed by atoms with Crippen LogP contribution < -0.4 is 0 Å². The summed E-state index contributed by atoms with van der Waals surface area (Å²) in [6, 6.07) is 5.29. The predicted octanol–water partition coefficient (Wildman–Crippen LogP) is 3.58. The molecule has 0 N–H and O–H groups in total. The Bertz CT molecular complexity index is 388. The Kier molecular flexibility index (Phi) is 3.50. The minimum Gasteiger partial charge on any atom is -0.258 e. The highest BCUT2D eigenvalue weighted by Crippen LogP contribution is 2.29. The lowest BCUT2D eigenvalue weighted by atomic mass is 9.86. The Labute approximate surface area is 97.8 Å².